The van der Waals surface area contributed by atoms with E-state index < -0.39 is 12.1 Å². The summed E-state index contributed by atoms with van der Waals surface area (Å²) in [6.45, 7) is 0.514. The van der Waals surface area contributed by atoms with Crippen LogP contribution in [0.15, 0.2) is 72.8 Å². The molecule has 0 aliphatic heterocycles. The van der Waals surface area contributed by atoms with Gasteiger partial charge in [-0.1, -0.05) is 60.7 Å². The Labute approximate surface area is 182 Å². The van der Waals surface area contributed by atoms with Crippen LogP contribution in [0.1, 0.15) is 17.2 Å². The molecule has 31 heavy (non-hydrogen) atoms. The van der Waals surface area contributed by atoms with Crippen molar-refractivity contribution < 1.29 is 19.7 Å². The quantitative estimate of drug-likeness (QED) is 0.282. The van der Waals surface area contributed by atoms with Crippen LogP contribution in [-0.2, 0) is 0 Å². The summed E-state index contributed by atoms with van der Waals surface area (Å²) in [4.78, 5) is 0. The zero-order valence-corrected chi connectivity index (χ0v) is 17.5. The van der Waals surface area contributed by atoms with Crippen molar-refractivity contribution >= 4 is 6.21 Å². The topological polar surface area (TPSA) is 94.8 Å². The molecule has 0 aliphatic carbocycles. The average Bonchev–Trinajstić information content (AvgIpc) is 2.84. The van der Waals surface area contributed by atoms with Crippen LogP contribution in [0, 0.1) is 5.41 Å². The minimum Gasteiger partial charge on any atom is -0.493 e. The molecule has 0 aromatic heterocycles. The van der Waals surface area contributed by atoms with E-state index in [2.05, 4.69) is 5.32 Å². The van der Waals surface area contributed by atoms with Crippen molar-refractivity contribution in [3.8, 4) is 22.6 Å². The molecular formula is C25H28N2O4. The van der Waals surface area contributed by atoms with Gasteiger partial charge in [0.25, 0.3) is 0 Å². The lowest BCUT2D eigenvalue weighted by Gasteiger charge is -2.23. The van der Waals surface area contributed by atoms with Gasteiger partial charge >= 0.3 is 0 Å². The van der Waals surface area contributed by atoms with Crippen molar-refractivity contribution in [1.29, 1.82) is 5.41 Å². The number of rotatable bonds is 11. The van der Waals surface area contributed by atoms with E-state index >= 15 is 0 Å². The molecule has 0 fully saturated rings. The predicted octanol–water partition coefficient (Wildman–Crippen LogP) is 3.42. The van der Waals surface area contributed by atoms with Crippen LogP contribution in [0.5, 0.6) is 11.5 Å². The Balaban J connectivity index is 1.71. The van der Waals surface area contributed by atoms with Crippen molar-refractivity contribution in [3.63, 3.8) is 0 Å². The van der Waals surface area contributed by atoms with E-state index in [-0.39, 0.29) is 6.61 Å². The Morgan fingerprint density at radius 2 is 1.71 bits per heavy atom. The van der Waals surface area contributed by atoms with Crippen LogP contribution in [0.25, 0.3) is 11.1 Å². The molecule has 3 aromatic carbocycles. The molecule has 0 aliphatic rings. The van der Waals surface area contributed by atoms with Crippen molar-refractivity contribution in [2.45, 2.75) is 12.1 Å². The highest BCUT2D eigenvalue weighted by atomic mass is 16.5. The van der Waals surface area contributed by atoms with Crippen LogP contribution < -0.4 is 14.8 Å². The first-order chi connectivity index (χ1) is 15.2. The smallest absolute Gasteiger partial charge is 0.169 e. The van der Waals surface area contributed by atoms with Gasteiger partial charge in [-0.2, -0.15) is 0 Å². The summed E-state index contributed by atoms with van der Waals surface area (Å²) in [5.41, 5.74) is 3.25. The zero-order chi connectivity index (χ0) is 22.1. The Morgan fingerprint density at radius 3 is 2.32 bits per heavy atom. The van der Waals surface area contributed by atoms with Gasteiger partial charge in [0.1, 0.15) is 6.61 Å². The molecule has 162 valence electrons. The van der Waals surface area contributed by atoms with Crippen molar-refractivity contribution in [1.82, 2.24) is 5.32 Å². The molecule has 2 unspecified atom stereocenters. The second-order valence-corrected chi connectivity index (χ2v) is 7.06. The Bertz CT molecular complexity index is 964. The lowest BCUT2D eigenvalue weighted by Crippen LogP contribution is -2.40. The third kappa shape index (κ3) is 5.70. The van der Waals surface area contributed by atoms with E-state index in [1.54, 1.807) is 13.2 Å². The normalized spacial score (nSPS) is 12.7. The van der Waals surface area contributed by atoms with Gasteiger partial charge in [0.15, 0.2) is 11.5 Å². The van der Waals surface area contributed by atoms with Gasteiger partial charge < -0.3 is 30.4 Å². The number of hydrogen-bond donors (Lipinski definition) is 4. The highest BCUT2D eigenvalue weighted by Gasteiger charge is 2.20. The molecule has 0 spiro atoms. The van der Waals surface area contributed by atoms with Gasteiger partial charge in [-0.15, -0.1) is 0 Å². The molecule has 2 atom stereocenters. The monoisotopic (exact) mass is 420 g/mol. The maximum absolute atomic E-state index is 10.5. The molecule has 0 heterocycles. The van der Waals surface area contributed by atoms with Gasteiger partial charge in [0.2, 0.25) is 0 Å². The maximum Gasteiger partial charge on any atom is 0.169 e. The van der Waals surface area contributed by atoms with Gasteiger partial charge in [-0.3, -0.25) is 0 Å². The van der Waals surface area contributed by atoms with Crippen LogP contribution >= 0.6 is 0 Å². The number of ether oxygens (including phenoxy) is 2. The van der Waals surface area contributed by atoms with E-state index in [0.29, 0.717) is 30.2 Å². The first-order valence-electron chi connectivity index (χ1n) is 10.2. The molecular weight excluding hydrogens is 392 g/mol. The van der Waals surface area contributed by atoms with E-state index in [1.165, 1.54) is 6.21 Å². The van der Waals surface area contributed by atoms with E-state index in [9.17, 15) is 10.2 Å². The Hall–Kier alpha value is -3.19. The van der Waals surface area contributed by atoms with Crippen molar-refractivity contribution in [2.75, 3.05) is 26.9 Å². The van der Waals surface area contributed by atoms with Crippen LogP contribution in [0.2, 0.25) is 0 Å². The molecule has 0 bridgehead atoms. The second-order valence-electron chi connectivity index (χ2n) is 7.06. The van der Waals surface area contributed by atoms with Crippen LogP contribution in [-0.4, -0.2) is 49.3 Å². The standard InChI is InChI=1S/C25H28N2O4/c1-30-23-15-18(16-26)14-21(19-8-4-2-5-9-19)25(23)31-13-12-27-22(17-28)24(29)20-10-6-3-7-11-20/h2-11,14-16,22,24,26-29H,12-13,17H2,1H3. The van der Waals surface area contributed by atoms with Gasteiger partial charge in [-0.25, -0.2) is 0 Å². The van der Waals surface area contributed by atoms with Gasteiger partial charge in [0, 0.05) is 18.3 Å². The maximum atomic E-state index is 10.5. The summed E-state index contributed by atoms with van der Waals surface area (Å²) in [6.07, 6.45) is 0.449. The summed E-state index contributed by atoms with van der Waals surface area (Å²) in [6, 6.07) is 22.2. The third-order valence-corrected chi connectivity index (χ3v) is 5.02. The van der Waals surface area contributed by atoms with Crippen molar-refractivity contribution in [2.24, 2.45) is 0 Å². The fraction of sp³-hybridized carbons (Fsp3) is 0.240. The molecule has 0 amide bonds. The highest BCUT2D eigenvalue weighted by Crippen LogP contribution is 2.39. The number of nitrogens with one attached hydrogen (secondary N) is 2. The molecule has 3 aromatic rings. The van der Waals surface area contributed by atoms with Crippen LogP contribution in [0.3, 0.4) is 0 Å². The zero-order valence-electron chi connectivity index (χ0n) is 17.5. The summed E-state index contributed by atoms with van der Waals surface area (Å²) < 4.78 is 11.6. The minimum absolute atomic E-state index is 0.206. The van der Waals surface area contributed by atoms with E-state index in [1.807, 2.05) is 66.7 Å². The molecule has 4 N–H and O–H groups in total. The number of aliphatic hydroxyl groups is 2. The molecule has 6 heteroatoms. The highest BCUT2D eigenvalue weighted by molar-refractivity contribution is 5.85. The molecule has 0 radical (unpaired) electrons. The van der Waals surface area contributed by atoms with Gasteiger partial charge in [0.05, 0.1) is 25.9 Å². The minimum atomic E-state index is -0.826. The SMILES string of the molecule is COc1cc(C=N)cc(-c2ccccc2)c1OCCNC(CO)C(O)c1ccccc1. The fourth-order valence-electron chi connectivity index (χ4n) is 3.40. The Kier molecular flexibility index (Phi) is 8.18. The molecule has 0 saturated carbocycles. The van der Waals surface area contributed by atoms with Crippen LogP contribution in [0.4, 0.5) is 0 Å². The lowest BCUT2D eigenvalue weighted by molar-refractivity contribution is 0.0877. The number of benzene rings is 3. The summed E-state index contributed by atoms with van der Waals surface area (Å²) in [5.74, 6) is 1.13. The van der Waals surface area contributed by atoms with Crippen molar-refractivity contribution in [3.05, 3.63) is 83.9 Å². The largest absolute Gasteiger partial charge is 0.493 e. The molecule has 3 rings (SSSR count). The third-order valence-electron chi connectivity index (χ3n) is 5.02. The molecule has 0 saturated heterocycles. The summed E-state index contributed by atoms with van der Waals surface area (Å²) >= 11 is 0. The van der Waals surface area contributed by atoms with Gasteiger partial charge in [-0.05, 0) is 28.8 Å². The number of aliphatic hydroxyl groups excluding tert-OH is 2. The second kappa shape index (κ2) is 11.3. The number of hydrogen-bond acceptors (Lipinski definition) is 6. The first-order valence-corrected chi connectivity index (χ1v) is 10.2. The molecule has 6 nitrogen and oxygen atoms in total. The Morgan fingerprint density at radius 1 is 1.03 bits per heavy atom. The van der Waals surface area contributed by atoms with E-state index in [0.717, 1.165) is 16.7 Å². The predicted molar refractivity (Wildman–Crippen MR) is 122 cm³/mol. The average molecular weight is 421 g/mol. The first kappa shape index (κ1) is 22.5. The summed E-state index contributed by atoms with van der Waals surface area (Å²) in [5, 5.41) is 31.0. The fourth-order valence-corrected chi connectivity index (χ4v) is 3.40. The number of methoxy groups -OCH3 is 1. The lowest BCUT2D eigenvalue weighted by atomic mass is 10.0. The summed E-state index contributed by atoms with van der Waals surface area (Å²) in [7, 11) is 1.57. The van der Waals surface area contributed by atoms with E-state index in [4.69, 9.17) is 14.9 Å².